The molecule has 284 valence electrons. The molecule has 59 heavy (non-hydrogen) atoms. The Kier molecular flexibility index (Phi) is 12.2. The van der Waals surface area contributed by atoms with Gasteiger partial charge in [-0.1, -0.05) is 0 Å². The van der Waals surface area contributed by atoms with E-state index < -0.39 is 37.5 Å². The summed E-state index contributed by atoms with van der Waals surface area (Å²) in [4.78, 5) is 0. The molecule has 0 aromatic heterocycles. The second kappa shape index (κ2) is 18.3. The number of benzene rings is 9. The summed E-state index contributed by atoms with van der Waals surface area (Å²) in [5.41, 5.74) is 0. The summed E-state index contributed by atoms with van der Waals surface area (Å²) < 4.78 is 23.7. The van der Waals surface area contributed by atoms with Gasteiger partial charge in [0, 0.05) is 0 Å². The van der Waals surface area contributed by atoms with Gasteiger partial charge in [0.05, 0.1) is 0 Å². The number of hydrogen-bond acceptors (Lipinski definition) is 0. The Hall–Kier alpha value is -5.26. The van der Waals surface area contributed by atoms with Crippen LogP contribution in [-0.4, -0.2) is 13.7 Å². The van der Waals surface area contributed by atoms with Crippen LogP contribution in [0.1, 0.15) is 0 Å². The molecule has 0 spiro atoms. The van der Waals surface area contributed by atoms with E-state index in [2.05, 4.69) is 255 Å². The first-order chi connectivity index (χ1) is 29.2. The van der Waals surface area contributed by atoms with Crippen LogP contribution in [-0.2, 0) is 0 Å². The van der Waals surface area contributed by atoms with Gasteiger partial charge in [0.15, 0.2) is 0 Å². The van der Waals surface area contributed by atoms with Gasteiger partial charge in [-0.3, -0.25) is 0 Å². The molecule has 0 unspecified atom stereocenters. The SMILES string of the molecule is [F][Ge]([c]1ccccc1P(c1ccccc1)c1ccccc1)([c]1ccccc1P(c1ccccc1)c1ccccc1)[c]1ccccc1P(c1ccccc1)c1ccccc1. The van der Waals surface area contributed by atoms with Crippen LogP contribution >= 0.6 is 23.8 Å². The molecule has 9 aromatic rings. The van der Waals surface area contributed by atoms with Gasteiger partial charge < -0.3 is 0 Å². The normalized spacial score (nSPS) is 11.6. The van der Waals surface area contributed by atoms with E-state index >= 15 is 3.50 Å². The van der Waals surface area contributed by atoms with E-state index in [0.717, 1.165) is 29.1 Å². The van der Waals surface area contributed by atoms with Crippen LogP contribution in [0.5, 0.6) is 0 Å². The van der Waals surface area contributed by atoms with Gasteiger partial charge in [-0.25, -0.2) is 0 Å². The molecular formula is C54H42FGeP3. The standard InChI is InChI=1S/C54H42FGeP3/c55-56(49-37-19-22-40-52(49)57(43-25-7-1-8-26-43)44-27-9-2-10-28-44,50-38-20-23-41-53(50)58(45-29-11-3-12-30-45)46-31-13-4-14-32-46)51-39-21-24-42-54(51)59(47-33-15-5-16-34-47)48-35-17-6-18-36-48/h1-42H. The van der Waals surface area contributed by atoms with Crippen molar-refractivity contribution in [2.24, 2.45) is 0 Å². The summed E-state index contributed by atoms with van der Waals surface area (Å²) in [6.45, 7) is 0. The third-order valence-electron chi connectivity index (χ3n) is 10.6. The first-order valence-electron chi connectivity index (χ1n) is 19.9. The van der Waals surface area contributed by atoms with Crippen LogP contribution in [0.4, 0.5) is 3.50 Å². The van der Waals surface area contributed by atoms with Crippen molar-refractivity contribution in [3.8, 4) is 0 Å². The summed E-state index contributed by atoms with van der Waals surface area (Å²) in [7, 11) is -3.36. The predicted molar refractivity (Wildman–Crippen MR) is 261 cm³/mol. The number of rotatable bonds is 12. The molecule has 0 aliphatic carbocycles. The number of hydrogen-bond donors (Lipinski definition) is 0. The molecule has 0 N–H and O–H groups in total. The Balaban J connectivity index is 1.39. The average Bonchev–Trinajstić information content (AvgIpc) is 3.32. The molecule has 0 aliphatic rings. The Morgan fingerprint density at radius 2 is 0.390 bits per heavy atom. The van der Waals surface area contributed by atoms with Crippen molar-refractivity contribution in [3.05, 3.63) is 255 Å². The van der Waals surface area contributed by atoms with Crippen molar-refractivity contribution >= 4 is 98.4 Å². The molecule has 0 amide bonds. The van der Waals surface area contributed by atoms with Gasteiger partial charge in [-0.2, -0.15) is 0 Å². The Labute approximate surface area is 354 Å². The predicted octanol–water partition coefficient (Wildman–Crippen LogP) is 7.90. The van der Waals surface area contributed by atoms with Gasteiger partial charge in [0.25, 0.3) is 0 Å². The Bertz CT molecular complexity index is 2310. The second-order valence-electron chi connectivity index (χ2n) is 14.2. The summed E-state index contributed by atoms with van der Waals surface area (Å²) in [5.74, 6) is 0. The fourth-order valence-corrected chi connectivity index (χ4v) is 26.2. The van der Waals surface area contributed by atoms with Gasteiger partial charge in [0.2, 0.25) is 0 Å². The van der Waals surface area contributed by atoms with E-state index in [0.29, 0.717) is 0 Å². The molecule has 0 fully saturated rings. The third-order valence-corrected chi connectivity index (χ3v) is 26.9. The molecule has 0 aliphatic heterocycles. The van der Waals surface area contributed by atoms with Crippen LogP contribution in [0.15, 0.2) is 255 Å². The molecule has 9 rings (SSSR count). The van der Waals surface area contributed by atoms with Crippen molar-refractivity contribution in [1.82, 2.24) is 0 Å². The van der Waals surface area contributed by atoms with Crippen LogP contribution in [0.25, 0.3) is 0 Å². The molecular weight excluding hydrogens is 833 g/mol. The minimum atomic E-state index is -5.28. The zero-order valence-electron chi connectivity index (χ0n) is 32.5. The monoisotopic (exact) mass is 876 g/mol. The third kappa shape index (κ3) is 8.07. The van der Waals surface area contributed by atoms with E-state index in [1.807, 2.05) is 0 Å². The summed E-state index contributed by atoms with van der Waals surface area (Å²) >= 11 is -5.28. The van der Waals surface area contributed by atoms with Crippen LogP contribution in [0.2, 0.25) is 0 Å². The molecule has 0 bridgehead atoms. The van der Waals surface area contributed by atoms with E-state index in [-0.39, 0.29) is 0 Å². The quantitative estimate of drug-likeness (QED) is 0.0866. The van der Waals surface area contributed by atoms with E-state index in [4.69, 9.17) is 0 Å². The van der Waals surface area contributed by atoms with Crippen molar-refractivity contribution in [2.75, 3.05) is 0 Å². The summed E-state index contributed by atoms with van der Waals surface area (Å²) in [6, 6.07) is 90.1. The van der Waals surface area contributed by atoms with Crippen molar-refractivity contribution in [1.29, 1.82) is 0 Å². The van der Waals surface area contributed by atoms with Crippen LogP contribution in [0.3, 0.4) is 0 Å². The Morgan fingerprint density at radius 3 is 0.593 bits per heavy atom. The molecule has 0 atom stereocenters. The fraction of sp³-hybridized carbons (Fsp3) is 0. The fourth-order valence-electron chi connectivity index (χ4n) is 8.06. The Morgan fingerprint density at radius 1 is 0.220 bits per heavy atom. The van der Waals surface area contributed by atoms with Gasteiger partial charge >= 0.3 is 357 Å². The van der Waals surface area contributed by atoms with Crippen LogP contribution in [0, 0.1) is 0 Å². The molecule has 0 saturated carbocycles. The molecule has 0 saturated heterocycles. The van der Waals surface area contributed by atoms with Crippen molar-refractivity contribution in [2.45, 2.75) is 0 Å². The number of halogens is 1. The van der Waals surface area contributed by atoms with E-state index in [1.54, 1.807) is 0 Å². The molecule has 0 nitrogen and oxygen atoms in total. The molecule has 0 radical (unpaired) electrons. The second-order valence-corrected chi connectivity index (χ2v) is 26.9. The van der Waals surface area contributed by atoms with Gasteiger partial charge in [0.1, 0.15) is 0 Å². The van der Waals surface area contributed by atoms with E-state index in [9.17, 15) is 0 Å². The topological polar surface area (TPSA) is 0 Å². The summed E-state index contributed by atoms with van der Waals surface area (Å²) in [6.07, 6.45) is 0. The molecule has 9 aromatic carbocycles. The molecule has 5 heteroatoms. The zero-order valence-corrected chi connectivity index (χ0v) is 37.2. The molecule has 0 heterocycles. The first-order valence-corrected chi connectivity index (χ1v) is 27.9. The maximum atomic E-state index is 21.2. The van der Waals surface area contributed by atoms with E-state index in [1.165, 1.54) is 31.8 Å². The summed E-state index contributed by atoms with van der Waals surface area (Å²) in [5, 5.41) is 10.5. The van der Waals surface area contributed by atoms with Gasteiger partial charge in [-0.15, -0.1) is 0 Å². The first kappa shape index (κ1) is 39.2. The van der Waals surface area contributed by atoms with Crippen LogP contribution < -0.4 is 60.9 Å². The minimum absolute atomic E-state index is 0.860. The maximum absolute atomic E-state index is 21.2. The zero-order chi connectivity index (χ0) is 39.9. The van der Waals surface area contributed by atoms with Crippen molar-refractivity contribution < 1.29 is 3.50 Å². The van der Waals surface area contributed by atoms with Gasteiger partial charge in [-0.05, 0) is 0 Å². The average molecular weight is 875 g/mol. The van der Waals surface area contributed by atoms with Crippen molar-refractivity contribution in [3.63, 3.8) is 0 Å².